The number of nitrogens with one attached hydrogen (secondary N) is 1. The van der Waals surface area contributed by atoms with Crippen molar-refractivity contribution >= 4 is 0 Å². The van der Waals surface area contributed by atoms with Gasteiger partial charge in [-0.15, -0.1) is 0 Å². The molecule has 2 aromatic rings. The maximum atomic E-state index is 9.16. The number of imidazole rings is 1. The molecule has 0 spiro atoms. The van der Waals surface area contributed by atoms with Gasteiger partial charge in [-0.3, -0.25) is 0 Å². The number of nitrogens with zero attached hydrogens (tertiary/aromatic N) is 2. The maximum absolute atomic E-state index is 9.16. The van der Waals surface area contributed by atoms with Gasteiger partial charge in [0, 0.05) is 11.3 Å². The summed E-state index contributed by atoms with van der Waals surface area (Å²) in [5.74, 6) is 1.51. The number of hydrogen-bond acceptors (Lipinski definition) is 3. The van der Waals surface area contributed by atoms with E-state index < -0.39 is 5.41 Å². The molecule has 0 saturated heterocycles. The first kappa shape index (κ1) is 13.2. The Balaban J connectivity index is 2.43. The molecular weight excluding hydrogens is 238 g/mol. The summed E-state index contributed by atoms with van der Waals surface area (Å²) in [5.41, 5.74) is 2.23. The average molecular weight is 255 g/mol. The first-order valence-corrected chi connectivity index (χ1v) is 6.10. The Morgan fingerprint density at radius 2 is 1.89 bits per heavy atom. The molecule has 0 saturated carbocycles. The number of aryl methyl sites for hydroxylation is 1. The van der Waals surface area contributed by atoms with E-state index in [0.717, 1.165) is 22.7 Å². The number of H-pyrrole nitrogens is 1. The summed E-state index contributed by atoms with van der Waals surface area (Å²) in [6.45, 7) is 5.66. The zero-order chi connectivity index (χ0) is 14.0. The predicted octanol–water partition coefficient (Wildman–Crippen LogP) is 3.19. The van der Waals surface area contributed by atoms with Gasteiger partial charge >= 0.3 is 0 Å². The predicted molar refractivity (Wildman–Crippen MR) is 74.0 cm³/mol. The smallest absolute Gasteiger partial charge is 0.126 e. The summed E-state index contributed by atoms with van der Waals surface area (Å²) in [6.07, 6.45) is 0. The third-order valence-electron chi connectivity index (χ3n) is 3.12. The van der Waals surface area contributed by atoms with Crippen LogP contribution in [0, 0.1) is 18.3 Å². The van der Waals surface area contributed by atoms with Gasteiger partial charge in [-0.25, -0.2) is 4.98 Å². The molecule has 4 nitrogen and oxygen atoms in total. The molecule has 4 heteroatoms. The molecule has 0 bridgehead atoms. The fraction of sp³-hybridized carbons (Fsp3) is 0.333. The van der Waals surface area contributed by atoms with Gasteiger partial charge in [0.25, 0.3) is 0 Å². The van der Waals surface area contributed by atoms with Crippen LogP contribution < -0.4 is 4.74 Å². The van der Waals surface area contributed by atoms with Crippen LogP contribution in [-0.4, -0.2) is 17.1 Å². The molecule has 98 valence electrons. The molecule has 0 fully saturated rings. The normalized spacial score (nSPS) is 11.1. The molecule has 0 aliphatic carbocycles. The van der Waals surface area contributed by atoms with Crippen molar-refractivity contribution in [2.45, 2.75) is 26.2 Å². The van der Waals surface area contributed by atoms with Crippen molar-refractivity contribution in [3.05, 3.63) is 35.8 Å². The summed E-state index contributed by atoms with van der Waals surface area (Å²) in [7, 11) is 1.64. The van der Waals surface area contributed by atoms with E-state index in [1.807, 2.05) is 45.0 Å². The number of ether oxygens (including phenoxy) is 1. The maximum Gasteiger partial charge on any atom is 0.126 e. The van der Waals surface area contributed by atoms with E-state index in [4.69, 9.17) is 10.00 Å². The Morgan fingerprint density at radius 1 is 1.26 bits per heavy atom. The number of aromatic nitrogens is 2. The highest BCUT2D eigenvalue weighted by atomic mass is 16.5. The summed E-state index contributed by atoms with van der Waals surface area (Å²) < 4.78 is 5.14. The summed E-state index contributed by atoms with van der Waals surface area (Å²) in [5, 5.41) is 9.16. The van der Waals surface area contributed by atoms with Crippen molar-refractivity contribution in [1.29, 1.82) is 5.26 Å². The lowest BCUT2D eigenvalue weighted by atomic mass is 9.95. The van der Waals surface area contributed by atoms with E-state index in [0.29, 0.717) is 5.82 Å². The number of rotatable bonds is 3. The molecule has 1 aromatic carbocycles. The van der Waals surface area contributed by atoms with Crippen LogP contribution in [0.3, 0.4) is 0 Å². The van der Waals surface area contributed by atoms with Gasteiger partial charge in [0.05, 0.1) is 18.9 Å². The van der Waals surface area contributed by atoms with Crippen LogP contribution in [0.25, 0.3) is 11.3 Å². The number of benzene rings is 1. The number of aromatic amines is 1. The molecule has 1 N–H and O–H groups in total. The van der Waals surface area contributed by atoms with Crippen molar-refractivity contribution in [3.8, 4) is 23.1 Å². The minimum atomic E-state index is -0.616. The van der Waals surface area contributed by atoms with Crippen molar-refractivity contribution in [3.63, 3.8) is 0 Å². The van der Waals surface area contributed by atoms with E-state index in [1.54, 1.807) is 7.11 Å². The highest BCUT2D eigenvalue weighted by Crippen LogP contribution is 2.27. The van der Waals surface area contributed by atoms with Gasteiger partial charge in [-0.2, -0.15) is 5.26 Å². The molecule has 0 amide bonds. The fourth-order valence-electron chi connectivity index (χ4n) is 1.84. The van der Waals surface area contributed by atoms with E-state index >= 15 is 0 Å². The molecule has 1 heterocycles. The van der Waals surface area contributed by atoms with Gasteiger partial charge in [0.15, 0.2) is 0 Å². The summed E-state index contributed by atoms with van der Waals surface area (Å²) >= 11 is 0. The van der Waals surface area contributed by atoms with Gasteiger partial charge in [0.1, 0.15) is 17.0 Å². The largest absolute Gasteiger partial charge is 0.497 e. The third kappa shape index (κ3) is 2.45. The van der Waals surface area contributed by atoms with Gasteiger partial charge < -0.3 is 9.72 Å². The molecule has 19 heavy (non-hydrogen) atoms. The van der Waals surface area contributed by atoms with Crippen LogP contribution in [0.15, 0.2) is 24.3 Å². The molecular formula is C15H17N3O. The fourth-order valence-corrected chi connectivity index (χ4v) is 1.84. The minimum absolute atomic E-state index is 0.616. The van der Waals surface area contributed by atoms with E-state index in [9.17, 15) is 0 Å². The van der Waals surface area contributed by atoms with Gasteiger partial charge in [-0.1, -0.05) is 0 Å². The molecule has 0 aliphatic heterocycles. The van der Waals surface area contributed by atoms with Crippen molar-refractivity contribution in [2.75, 3.05) is 7.11 Å². The lowest BCUT2D eigenvalue weighted by Crippen LogP contribution is -2.15. The Labute approximate surface area is 113 Å². The highest BCUT2D eigenvalue weighted by Gasteiger charge is 2.25. The lowest BCUT2D eigenvalue weighted by Gasteiger charge is -2.10. The first-order chi connectivity index (χ1) is 8.97. The summed E-state index contributed by atoms with van der Waals surface area (Å²) in [4.78, 5) is 7.76. The Hall–Kier alpha value is -2.28. The second-order valence-corrected chi connectivity index (χ2v) is 5.02. The van der Waals surface area contributed by atoms with Crippen LogP contribution in [0.4, 0.5) is 0 Å². The van der Waals surface area contributed by atoms with E-state index in [-0.39, 0.29) is 0 Å². The van der Waals surface area contributed by atoms with Crippen molar-refractivity contribution in [2.24, 2.45) is 0 Å². The van der Waals surface area contributed by atoms with Crippen molar-refractivity contribution in [1.82, 2.24) is 9.97 Å². The van der Waals surface area contributed by atoms with Crippen molar-refractivity contribution < 1.29 is 4.74 Å². The Morgan fingerprint density at radius 3 is 2.42 bits per heavy atom. The Kier molecular flexibility index (Phi) is 3.30. The first-order valence-electron chi connectivity index (χ1n) is 6.10. The van der Waals surface area contributed by atoms with Crippen LogP contribution in [-0.2, 0) is 5.41 Å². The zero-order valence-electron chi connectivity index (χ0n) is 11.6. The zero-order valence-corrected chi connectivity index (χ0v) is 11.6. The molecule has 1 aromatic heterocycles. The van der Waals surface area contributed by atoms with E-state index in [2.05, 4.69) is 16.0 Å². The minimum Gasteiger partial charge on any atom is -0.497 e. The number of hydrogen-bond donors (Lipinski definition) is 1. The number of methoxy groups -OCH3 is 1. The second-order valence-electron chi connectivity index (χ2n) is 5.02. The standard InChI is InChI=1S/C15H17N3O/c1-10-13(11-5-7-12(19-4)8-6-11)18-14(17-10)15(2,3)9-16/h5-8H,1-4H3,(H,17,18). The van der Waals surface area contributed by atoms with E-state index in [1.165, 1.54) is 0 Å². The SMILES string of the molecule is COc1ccc(-c2nc(C(C)(C)C#N)[nH]c2C)cc1. The molecule has 0 aliphatic rings. The molecule has 0 atom stereocenters. The van der Waals surface area contributed by atoms with Gasteiger partial charge in [0.2, 0.25) is 0 Å². The molecule has 0 radical (unpaired) electrons. The third-order valence-corrected chi connectivity index (χ3v) is 3.12. The average Bonchev–Trinajstić information content (AvgIpc) is 2.82. The molecule has 0 unspecified atom stereocenters. The van der Waals surface area contributed by atoms with Crippen LogP contribution >= 0.6 is 0 Å². The number of nitriles is 1. The lowest BCUT2D eigenvalue weighted by molar-refractivity contribution is 0.415. The summed E-state index contributed by atoms with van der Waals surface area (Å²) in [6, 6.07) is 9.98. The molecule has 2 rings (SSSR count). The van der Waals surface area contributed by atoms with Gasteiger partial charge in [-0.05, 0) is 45.0 Å². The topological polar surface area (TPSA) is 61.7 Å². The highest BCUT2D eigenvalue weighted by molar-refractivity contribution is 5.63. The van der Waals surface area contributed by atoms with Crippen LogP contribution in [0.2, 0.25) is 0 Å². The second kappa shape index (κ2) is 4.77. The monoisotopic (exact) mass is 255 g/mol. The van der Waals surface area contributed by atoms with Crippen LogP contribution in [0.5, 0.6) is 5.75 Å². The van der Waals surface area contributed by atoms with Crippen LogP contribution in [0.1, 0.15) is 25.4 Å². The Bertz CT molecular complexity index is 618. The quantitative estimate of drug-likeness (QED) is 0.916.